The summed E-state index contributed by atoms with van der Waals surface area (Å²) >= 11 is 0. The number of hydrogen-bond acceptors (Lipinski definition) is 4. The van der Waals surface area contributed by atoms with Crippen LogP contribution < -0.4 is 5.32 Å². The first-order valence-corrected chi connectivity index (χ1v) is 6.57. The van der Waals surface area contributed by atoms with Gasteiger partial charge in [0.05, 0.1) is 23.7 Å². The maximum absolute atomic E-state index is 13.2. The molecule has 1 atom stereocenters. The quantitative estimate of drug-likeness (QED) is 0.938. The Hall–Kier alpha value is -2.82. The summed E-state index contributed by atoms with van der Waals surface area (Å²) in [6.45, 7) is 1.59. The lowest BCUT2D eigenvalue weighted by molar-refractivity contribution is -0.163. The van der Waals surface area contributed by atoms with Crippen LogP contribution in [0.15, 0.2) is 35.1 Å². The smallest absolute Gasteiger partial charge is 0.364 e. The lowest BCUT2D eigenvalue weighted by atomic mass is 10.0. The average molecular weight is 323 g/mol. The molecule has 0 fully saturated rings. The Morgan fingerprint density at radius 1 is 1.39 bits per heavy atom. The molecule has 0 aliphatic rings. The molecule has 1 unspecified atom stereocenters. The molecular weight excluding hydrogens is 311 g/mol. The Morgan fingerprint density at radius 2 is 2.04 bits per heavy atom. The fourth-order valence-electron chi connectivity index (χ4n) is 1.97. The molecular formula is C15H12F3N3O2. The van der Waals surface area contributed by atoms with E-state index in [0.717, 1.165) is 0 Å². The Bertz CT molecular complexity index is 730. The normalized spacial score (nSPS) is 12.5. The van der Waals surface area contributed by atoms with Crippen LogP contribution in [0.4, 0.5) is 13.2 Å². The maximum atomic E-state index is 13.2. The second-order valence-electron chi connectivity index (χ2n) is 4.88. The van der Waals surface area contributed by atoms with Crippen molar-refractivity contribution in [2.24, 2.45) is 0 Å². The first-order chi connectivity index (χ1) is 10.8. The number of rotatable bonds is 4. The molecule has 23 heavy (non-hydrogen) atoms. The lowest BCUT2D eigenvalue weighted by Gasteiger charge is -2.22. The van der Waals surface area contributed by atoms with E-state index < -0.39 is 18.1 Å². The van der Waals surface area contributed by atoms with Gasteiger partial charge in [0.25, 0.3) is 0 Å². The van der Waals surface area contributed by atoms with Crippen LogP contribution in [0, 0.1) is 18.3 Å². The van der Waals surface area contributed by atoms with Crippen molar-refractivity contribution >= 4 is 5.91 Å². The van der Waals surface area contributed by atoms with Gasteiger partial charge in [0.2, 0.25) is 5.91 Å². The number of carbonyl (C=O) groups is 1. The molecule has 0 bridgehead atoms. The SMILES string of the molecule is Cc1nocc1CC(=O)NC(c1ccc(C#N)cc1)C(F)(F)F. The minimum absolute atomic E-state index is 0.146. The number of nitrogens with zero attached hydrogens (tertiary/aromatic N) is 2. The molecule has 1 aromatic heterocycles. The highest BCUT2D eigenvalue weighted by molar-refractivity contribution is 5.79. The summed E-state index contributed by atoms with van der Waals surface area (Å²) in [7, 11) is 0. The molecule has 2 aromatic rings. The Balaban J connectivity index is 2.17. The van der Waals surface area contributed by atoms with Crippen molar-refractivity contribution in [3.8, 4) is 6.07 Å². The number of nitrogens with one attached hydrogen (secondary N) is 1. The molecule has 0 saturated carbocycles. The van der Waals surface area contributed by atoms with Crippen molar-refractivity contribution in [2.75, 3.05) is 0 Å². The second kappa shape index (κ2) is 6.52. The third-order valence-corrected chi connectivity index (χ3v) is 3.21. The molecule has 0 aliphatic carbocycles. The van der Waals surface area contributed by atoms with Gasteiger partial charge in [-0.05, 0) is 24.6 Å². The van der Waals surface area contributed by atoms with E-state index in [-0.39, 0.29) is 17.5 Å². The number of hydrogen-bond donors (Lipinski definition) is 1. The van der Waals surface area contributed by atoms with E-state index >= 15 is 0 Å². The Kier molecular flexibility index (Phi) is 4.69. The first-order valence-electron chi connectivity index (χ1n) is 6.57. The maximum Gasteiger partial charge on any atom is 0.412 e. The van der Waals surface area contributed by atoms with E-state index in [2.05, 4.69) is 9.68 Å². The van der Waals surface area contributed by atoms with Crippen LogP contribution >= 0.6 is 0 Å². The van der Waals surface area contributed by atoms with E-state index in [1.165, 1.54) is 30.5 Å². The molecule has 120 valence electrons. The number of carbonyl (C=O) groups excluding carboxylic acids is 1. The molecule has 5 nitrogen and oxygen atoms in total. The third-order valence-electron chi connectivity index (χ3n) is 3.21. The van der Waals surface area contributed by atoms with Crippen molar-refractivity contribution < 1.29 is 22.5 Å². The number of aromatic nitrogens is 1. The Morgan fingerprint density at radius 3 is 2.52 bits per heavy atom. The standard InChI is InChI=1S/C15H12F3N3O2/c1-9-12(8-23-21-9)6-13(22)20-14(15(16,17)18)11-4-2-10(7-19)3-5-11/h2-5,8,14H,6H2,1H3,(H,20,22). The fourth-order valence-corrected chi connectivity index (χ4v) is 1.97. The predicted octanol–water partition coefficient (Wildman–Crippen LogP) is 2.82. The first kappa shape index (κ1) is 16.5. The highest BCUT2D eigenvalue weighted by Gasteiger charge is 2.41. The van der Waals surface area contributed by atoms with Gasteiger partial charge < -0.3 is 9.84 Å². The third kappa shape index (κ3) is 4.10. The lowest BCUT2D eigenvalue weighted by Crippen LogP contribution is -2.38. The summed E-state index contributed by atoms with van der Waals surface area (Å²) in [6.07, 6.45) is -3.70. The van der Waals surface area contributed by atoms with Crippen LogP contribution in [0.5, 0.6) is 0 Å². The van der Waals surface area contributed by atoms with Crippen LogP contribution in [0.25, 0.3) is 0 Å². The molecule has 0 radical (unpaired) electrons. The highest BCUT2D eigenvalue weighted by atomic mass is 19.4. The molecule has 1 heterocycles. The van der Waals surface area contributed by atoms with Gasteiger partial charge in [0.15, 0.2) is 6.04 Å². The number of benzene rings is 1. The topological polar surface area (TPSA) is 78.9 Å². The van der Waals surface area contributed by atoms with Gasteiger partial charge in [-0.2, -0.15) is 18.4 Å². The molecule has 2 rings (SSSR count). The van der Waals surface area contributed by atoms with E-state index in [0.29, 0.717) is 11.3 Å². The van der Waals surface area contributed by atoms with Crippen molar-refractivity contribution in [1.29, 1.82) is 5.26 Å². The zero-order chi connectivity index (χ0) is 17.0. The van der Waals surface area contributed by atoms with Gasteiger partial charge in [-0.3, -0.25) is 4.79 Å². The van der Waals surface area contributed by atoms with Gasteiger partial charge in [0, 0.05) is 5.56 Å². The number of nitriles is 1. The van der Waals surface area contributed by atoms with Crippen LogP contribution in [0.1, 0.15) is 28.4 Å². The zero-order valence-corrected chi connectivity index (χ0v) is 12.0. The predicted molar refractivity (Wildman–Crippen MR) is 73.0 cm³/mol. The van der Waals surface area contributed by atoms with Crippen molar-refractivity contribution in [3.05, 3.63) is 52.9 Å². The van der Waals surface area contributed by atoms with Crippen LogP contribution in [0.2, 0.25) is 0 Å². The van der Waals surface area contributed by atoms with Gasteiger partial charge in [-0.15, -0.1) is 0 Å². The summed E-state index contributed by atoms with van der Waals surface area (Å²) < 4.78 is 44.2. The number of halogens is 3. The number of alkyl halides is 3. The van der Waals surface area contributed by atoms with Gasteiger partial charge in [0.1, 0.15) is 6.26 Å². The van der Waals surface area contributed by atoms with E-state index in [9.17, 15) is 18.0 Å². The van der Waals surface area contributed by atoms with Crippen molar-refractivity contribution in [2.45, 2.75) is 25.6 Å². The highest BCUT2D eigenvalue weighted by Crippen LogP contribution is 2.32. The average Bonchev–Trinajstić information content (AvgIpc) is 2.89. The summed E-state index contributed by atoms with van der Waals surface area (Å²) in [5.41, 5.74) is 0.957. The minimum Gasteiger partial charge on any atom is -0.364 e. The molecule has 8 heteroatoms. The molecule has 0 spiro atoms. The fraction of sp³-hybridized carbons (Fsp3) is 0.267. The largest absolute Gasteiger partial charge is 0.412 e. The second-order valence-corrected chi connectivity index (χ2v) is 4.88. The van der Waals surface area contributed by atoms with Crippen LogP contribution in [0.3, 0.4) is 0 Å². The van der Waals surface area contributed by atoms with Crippen molar-refractivity contribution in [1.82, 2.24) is 10.5 Å². The summed E-state index contributed by atoms with van der Waals surface area (Å²) in [5.74, 6) is -0.803. The monoisotopic (exact) mass is 323 g/mol. The minimum atomic E-state index is -4.66. The summed E-state index contributed by atoms with van der Waals surface area (Å²) in [6, 6.07) is 4.55. The molecule has 0 aliphatic heterocycles. The Labute approximate surface area is 129 Å². The molecule has 0 saturated heterocycles. The van der Waals surface area contributed by atoms with Gasteiger partial charge in [-0.1, -0.05) is 17.3 Å². The molecule has 1 N–H and O–H groups in total. The summed E-state index contributed by atoms with van der Waals surface area (Å²) in [4.78, 5) is 11.9. The summed E-state index contributed by atoms with van der Waals surface area (Å²) in [5, 5.41) is 14.2. The number of aryl methyl sites for hydroxylation is 1. The van der Waals surface area contributed by atoms with Crippen molar-refractivity contribution in [3.63, 3.8) is 0 Å². The molecule has 1 aromatic carbocycles. The van der Waals surface area contributed by atoms with E-state index in [4.69, 9.17) is 5.26 Å². The van der Waals surface area contributed by atoms with Gasteiger partial charge in [-0.25, -0.2) is 0 Å². The number of amides is 1. The van der Waals surface area contributed by atoms with Gasteiger partial charge >= 0.3 is 6.18 Å². The van der Waals surface area contributed by atoms with E-state index in [1.54, 1.807) is 6.92 Å². The molecule has 1 amide bonds. The van der Waals surface area contributed by atoms with Crippen LogP contribution in [-0.2, 0) is 11.2 Å². The van der Waals surface area contributed by atoms with Crippen LogP contribution in [-0.4, -0.2) is 17.2 Å². The zero-order valence-electron chi connectivity index (χ0n) is 12.0. The van der Waals surface area contributed by atoms with E-state index in [1.807, 2.05) is 11.4 Å².